The van der Waals surface area contributed by atoms with Crippen molar-refractivity contribution in [3.63, 3.8) is 0 Å². The van der Waals surface area contributed by atoms with Crippen molar-refractivity contribution < 1.29 is 8.87 Å². The average Bonchev–Trinajstić information content (AvgIpc) is 3.12. The van der Waals surface area contributed by atoms with Gasteiger partial charge in [0.2, 0.25) is 5.84 Å². The first kappa shape index (κ1) is 20.6. The molecule has 0 spiro atoms. The van der Waals surface area contributed by atoms with Crippen LogP contribution in [-0.2, 0) is 13.1 Å². The molecule has 5 heteroatoms. The van der Waals surface area contributed by atoms with Gasteiger partial charge < -0.3 is 4.90 Å². The van der Waals surface area contributed by atoms with Crippen LogP contribution >= 0.6 is 11.6 Å². The van der Waals surface area contributed by atoms with E-state index in [1.165, 1.54) is 17.3 Å². The molecule has 0 amide bonds. The lowest BCUT2D eigenvalue weighted by molar-refractivity contribution is -0.814. The maximum Gasteiger partial charge on any atom is 0.223 e. The highest BCUT2D eigenvalue weighted by molar-refractivity contribution is 6.30. The summed E-state index contributed by atoms with van der Waals surface area (Å²) in [6, 6.07) is 15.3. The summed E-state index contributed by atoms with van der Waals surface area (Å²) in [5.74, 6) is 0.501. The largest absolute Gasteiger partial charge is 0.347 e. The summed E-state index contributed by atoms with van der Waals surface area (Å²) in [6.07, 6.45) is 9.22. The second-order valence-corrected chi connectivity index (χ2v) is 8.90. The lowest BCUT2D eigenvalue weighted by atomic mass is 9.91. The van der Waals surface area contributed by atoms with Crippen molar-refractivity contribution in [1.29, 1.82) is 5.41 Å². The van der Waals surface area contributed by atoms with Crippen LogP contribution in [0.25, 0.3) is 0 Å². The number of hydrogen-bond donors (Lipinski definition) is 1. The zero-order valence-corrected chi connectivity index (χ0v) is 18.0. The van der Waals surface area contributed by atoms with Gasteiger partial charge in [-0.3, -0.25) is 9.89 Å². The first-order valence-corrected chi connectivity index (χ1v) is 10.5. The lowest BCUT2D eigenvalue weighted by Crippen LogP contribution is -2.45. The molecule has 0 bridgehead atoms. The van der Waals surface area contributed by atoms with E-state index in [0.29, 0.717) is 16.9 Å². The van der Waals surface area contributed by atoms with E-state index in [2.05, 4.69) is 55.6 Å². The maximum absolute atomic E-state index is 13.8. The van der Waals surface area contributed by atoms with E-state index < -0.39 is 0 Å². The molecule has 1 aliphatic carbocycles. The Labute approximate surface area is 182 Å². The fourth-order valence-electron chi connectivity index (χ4n) is 4.15. The third-order valence-electron chi connectivity index (χ3n) is 5.77. The van der Waals surface area contributed by atoms with Crippen molar-refractivity contribution in [2.75, 3.05) is 14.1 Å². The molecule has 0 fully saturated rings. The molecule has 1 heterocycles. The molecule has 2 aliphatic rings. The first-order chi connectivity index (χ1) is 14.3. The minimum absolute atomic E-state index is 0.146. The third-order valence-corrected chi connectivity index (χ3v) is 6.08. The standard InChI is InChI=1S/C25H26ClFN3/c1-30(2,17-18-6-4-3-5-7-18)25(28)21-9-11-24-20(15-21)12-13-29(24)16-19-8-10-22(26)23(27)14-19/h3-14,20,28H,15-17H2,1-2H3/q+1. The Hall–Kier alpha value is -2.69. The van der Waals surface area contributed by atoms with E-state index in [0.717, 1.165) is 24.1 Å². The van der Waals surface area contributed by atoms with Gasteiger partial charge in [0.15, 0.2) is 0 Å². The number of likely N-dealkylation sites (N-methyl/N-ethyl adjacent to an activating group) is 1. The fraction of sp³-hybridized carbons (Fsp3) is 0.240. The normalized spacial score (nSPS) is 18.1. The van der Waals surface area contributed by atoms with Crippen molar-refractivity contribution >= 4 is 17.4 Å². The molecule has 4 rings (SSSR count). The number of nitrogens with zero attached hydrogens (tertiary/aromatic N) is 2. The van der Waals surface area contributed by atoms with Gasteiger partial charge in [0.05, 0.1) is 19.1 Å². The molecular weight excluding hydrogens is 397 g/mol. The Balaban J connectivity index is 1.48. The average molecular weight is 423 g/mol. The summed E-state index contributed by atoms with van der Waals surface area (Å²) >= 11 is 5.80. The van der Waals surface area contributed by atoms with Crippen LogP contribution in [-0.4, -0.2) is 29.3 Å². The molecule has 0 saturated carbocycles. The Kier molecular flexibility index (Phi) is 5.63. The number of benzene rings is 2. The van der Waals surface area contributed by atoms with Crippen LogP contribution in [0.15, 0.2) is 84.2 Å². The van der Waals surface area contributed by atoms with Crippen LogP contribution in [0, 0.1) is 17.1 Å². The minimum Gasteiger partial charge on any atom is -0.347 e. The Morgan fingerprint density at radius 1 is 1.13 bits per heavy atom. The number of allylic oxidation sites excluding steroid dienone is 3. The van der Waals surface area contributed by atoms with Gasteiger partial charge >= 0.3 is 0 Å². The van der Waals surface area contributed by atoms with Crippen LogP contribution in [0.3, 0.4) is 0 Å². The predicted octanol–water partition coefficient (Wildman–Crippen LogP) is 5.89. The van der Waals surface area contributed by atoms with Crippen molar-refractivity contribution in [1.82, 2.24) is 4.90 Å². The van der Waals surface area contributed by atoms with Crippen LogP contribution in [0.5, 0.6) is 0 Å². The molecule has 2 aromatic carbocycles. The van der Waals surface area contributed by atoms with Gasteiger partial charge in [0.1, 0.15) is 12.4 Å². The summed E-state index contributed by atoms with van der Waals surface area (Å²) in [5, 5.41) is 8.99. The number of fused-ring (bicyclic) bond motifs is 1. The van der Waals surface area contributed by atoms with Gasteiger partial charge in [-0.1, -0.05) is 54.1 Å². The summed E-state index contributed by atoms with van der Waals surface area (Å²) < 4.78 is 14.3. The number of halogens is 2. The van der Waals surface area contributed by atoms with Crippen LogP contribution < -0.4 is 0 Å². The number of amidine groups is 1. The molecule has 1 N–H and O–H groups in total. The zero-order chi connectivity index (χ0) is 21.3. The van der Waals surface area contributed by atoms with Gasteiger partial charge in [0.25, 0.3) is 0 Å². The van der Waals surface area contributed by atoms with Gasteiger partial charge in [0, 0.05) is 35.5 Å². The van der Waals surface area contributed by atoms with Gasteiger partial charge in [-0.2, -0.15) is 0 Å². The summed E-state index contributed by atoms with van der Waals surface area (Å²) in [5.41, 5.74) is 4.36. The fourth-order valence-corrected chi connectivity index (χ4v) is 4.27. The van der Waals surface area contributed by atoms with E-state index in [1.807, 2.05) is 24.3 Å². The SMILES string of the molecule is C[N+](C)(Cc1ccccc1)C(=N)C1=CC=C2C(C=CN2Cc2ccc(Cl)c(F)c2)C1. The Morgan fingerprint density at radius 3 is 2.63 bits per heavy atom. The molecule has 0 saturated heterocycles. The van der Waals surface area contributed by atoms with E-state index in [1.54, 1.807) is 6.07 Å². The molecule has 1 unspecified atom stereocenters. The predicted molar refractivity (Wildman–Crippen MR) is 120 cm³/mol. The highest BCUT2D eigenvalue weighted by Gasteiger charge is 2.32. The molecule has 1 aliphatic heterocycles. The molecule has 154 valence electrons. The van der Waals surface area contributed by atoms with Crippen molar-refractivity contribution in [2.45, 2.75) is 19.5 Å². The van der Waals surface area contributed by atoms with E-state index in [9.17, 15) is 4.39 Å². The second-order valence-electron chi connectivity index (χ2n) is 8.49. The maximum atomic E-state index is 13.8. The molecule has 0 aromatic heterocycles. The van der Waals surface area contributed by atoms with Crippen LogP contribution in [0.1, 0.15) is 17.5 Å². The van der Waals surface area contributed by atoms with Gasteiger partial charge in [-0.05, 0) is 36.3 Å². The Morgan fingerprint density at radius 2 is 1.90 bits per heavy atom. The number of nitrogens with one attached hydrogen (secondary N) is 1. The van der Waals surface area contributed by atoms with Crippen molar-refractivity contribution in [2.24, 2.45) is 5.92 Å². The summed E-state index contributed by atoms with van der Waals surface area (Å²) in [7, 11) is 4.17. The molecule has 2 aromatic rings. The second kappa shape index (κ2) is 8.21. The smallest absolute Gasteiger partial charge is 0.223 e. The number of rotatable bonds is 5. The molecular formula is C25H26ClFN3+. The highest BCUT2D eigenvalue weighted by atomic mass is 35.5. The minimum atomic E-state index is -0.388. The van der Waals surface area contributed by atoms with E-state index in [4.69, 9.17) is 17.0 Å². The zero-order valence-electron chi connectivity index (χ0n) is 17.3. The molecule has 3 nitrogen and oxygen atoms in total. The van der Waals surface area contributed by atoms with Gasteiger partial charge in [-0.15, -0.1) is 0 Å². The number of hydrogen-bond acceptors (Lipinski definition) is 2. The van der Waals surface area contributed by atoms with E-state index in [-0.39, 0.29) is 16.8 Å². The summed E-state index contributed by atoms with van der Waals surface area (Å²) in [4.78, 5) is 2.15. The topological polar surface area (TPSA) is 27.1 Å². The number of quaternary nitrogens is 1. The lowest BCUT2D eigenvalue weighted by Gasteiger charge is -2.32. The molecule has 1 atom stereocenters. The first-order valence-electron chi connectivity index (χ1n) is 10.1. The highest BCUT2D eigenvalue weighted by Crippen LogP contribution is 2.36. The van der Waals surface area contributed by atoms with Crippen molar-refractivity contribution in [3.05, 3.63) is 106 Å². The Bertz CT molecular complexity index is 1050. The van der Waals surface area contributed by atoms with Crippen molar-refractivity contribution in [3.8, 4) is 0 Å². The van der Waals surface area contributed by atoms with E-state index >= 15 is 0 Å². The molecule has 0 radical (unpaired) electrons. The quantitative estimate of drug-likeness (QED) is 0.363. The molecule has 30 heavy (non-hydrogen) atoms. The monoisotopic (exact) mass is 422 g/mol. The summed E-state index contributed by atoms with van der Waals surface area (Å²) in [6.45, 7) is 1.38. The van der Waals surface area contributed by atoms with Gasteiger partial charge in [-0.25, -0.2) is 4.39 Å². The third kappa shape index (κ3) is 4.25. The van der Waals surface area contributed by atoms with Crippen LogP contribution in [0.4, 0.5) is 4.39 Å². The van der Waals surface area contributed by atoms with Crippen LogP contribution in [0.2, 0.25) is 5.02 Å².